The van der Waals surface area contributed by atoms with Gasteiger partial charge in [-0.05, 0) is 6.92 Å². The molecule has 0 heterocycles. The minimum absolute atomic E-state index is 0.244. The van der Waals surface area contributed by atoms with Gasteiger partial charge in [-0.15, -0.1) is 0 Å². The van der Waals surface area contributed by atoms with Crippen molar-refractivity contribution in [3.63, 3.8) is 0 Å². The molecule has 6 N–H and O–H groups in total. The zero-order chi connectivity index (χ0) is 12.9. The highest BCUT2D eigenvalue weighted by Crippen LogP contribution is 1.93. The van der Waals surface area contributed by atoms with Crippen LogP contribution < -0.4 is 11.1 Å². The highest BCUT2D eigenvalue weighted by atomic mass is 16.4. The molecule has 0 fully saturated rings. The molecule has 0 bridgehead atoms. The lowest BCUT2D eigenvalue weighted by Crippen LogP contribution is -2.51. The van der Waals surface area contributed by atoms with Crippen LogP contribution in [-0.4, -0.2) is 58.7 Å². The number of aliphatic hydroxyl groups excluding tert-OH is 1. The molecule has 0 radical (unpaired) electrons. The molecule has 8 heteroatoms. The van der Waals surface area contributed by atoms with E-state index in [9.17, 15) is 9.59 Å². The van der Waals surface area contributed by atoms with E-state index in [4.69, 9.17) is 21.4 Å². The van der Waals surface area contributed by atoms with Crippen LogP contribution in [0.5, 0.6) is 0 Å². The second kappa shape index (κ2) is 5.91. The van der Waals surface area contributed by atoms with E-state index in [1.165, 1.54) is 14.0 Å². The van der Waals surface area contributed by atoms with Crippen LogP contribution in [0.1, 0.15) is 6.92 Å². The molecule has 0 saturated carbocycles. The number of guanidine groups is 1. The van der Waals surface area contributed by atoms with Crippen LogP contribution in [0.4, 0.5) is 0 Å². The Balaban J connectivity index is 4.31. The smallest absolute Gasteiger partial charge is 0.328 e. The van der Waals surface area contributed by atoms with Crippen LogP contribution in [-0.2, 0) is 9.59 Å². The summed E-state index contributed by atoms with van der Waals surface area (Å²) in [4.78, 5) is 23.1. The molecule has 0 aromatic carbocycles. The van der Waals surface area contributed by atoms with Gasteiger partial charge in [-0.3, -0.25) is 10.2 Å². The van der Waals surface area contributed by atoms with Crippen LogP contribution >= 0.6 is 0 Å². The van der Waals surface area contributed by atoms with Gasteiger partial charge in [-0.25, -0.2) is 4.79 Å². The lowest BCUT2D eigenvalue weighted by Gasteiger charge is -2.20. The van der Waals surface area contributed by atoms with Crippen molar-refractivity contribution in [2.75, 3.05) is 13.6 Å². The quantitative estimate of drug-likeness (QED) is 0.268. The molecule has 1 amide bonds. The van der Waals surface area contributed by atoms with Gasteiger partial charge in [-0.2, -0.15) is 0 Å². The molecule has 0 spiro atoms. The van der Waals surface area contributed by atoms with Crippen molar-refractivity contribution in [3.8, 4) is 0 Å². The lowest BCUT2D eigenvalue weighted by molar-refractivity contribution is -0.144. The third-order valence-corrected chi connectivity index (χ3v) is 1.86. The summed E-state index contributed by atoms with van der Waals surface area (Å²) in [6, 6.07) is -1.37. The van der Waals surface area contributed by atoms with E-state index in [1.807, 2.05) is 0 Å². The number of carboxylic acids is 1. The molecule has 0 aliphatic rings. The number of amides is 1. The van der Waals surface area contributed by atoms with Gasteiger partial charge in [0, 0.05) is 7.05 Å². The van der Waals surface area contributed by atoms with Crippen molar-refractivity contribution < 1.29 is 19.8 Å². The van der Waals surface area contributed by atoms with E-state index in [-0.39, 0.29) is 12.5 Å². The van der Waals surface area contributed by atoms with Crippen molar-refractivity contribution in [1.82, 2.24) is 10.2 Å². The number of nitrogens with two attached hydrogens (primary N) is 1. The van der Waals surface area contributed by atoms with Gasteiger partial charge in [-0.1, -0.05) is 0 Å². The molecule has 16 heavy (non-hydrogen) atoms. The zero-order valence-corrected chi connectivity index (χ0v) is 9.10. The summed E-state index contributed by atoms with van der Waals surface area (Å²) in [7, 11) is 1.42. The Hall–Kier alpha value is -1.83. The van der Waals surface area contributed by atoms with Gasteiger partial charge in [0.2, 0.25) is 5.91 Å². The van der Waals surface area contributed by atoms with Gasteiger partial charge >= 0.3 is 5.97 Å². The molecule has 0 rings (SSSR count). The number of aliphatic carboxylic acids is 1. The second-order valence-electron chi connectivity index (χ2n) is 3.37. The van der Waals surface area contributed by atoms with Crippen LogP contribution in [0.2, 0.25) is 0 Å². The Morgan fingerprint density at radius 2 is 2.06 bits per heavy atom. The SMILES string of the molecule is C[C@@H](O)[C@H](NC(=O)CN(C)C(=N)N)C(=O)O. The first-order valence-corrected chi connectivity index (χ1v) is 4.51. The number of carbonyl (C=O) groups excluding carboxylic acids is 1. The van der Waals surface area contributed by atoms with E-state index in [0.717, 1.165) is 4.90 Å². The molecule has 92 valence electrons. The van der Waals surface area contributed by atoms with Crippen molar-refractivity contribution in [3.05, 3.63) is 0 Å². The maximum Gasteiger partial charge on any atom is 0.328 e. The lowest BCUT2D eigenvalue weighted by atomic mass is 10.2. The van der Waals surface area contributed by atoms with Crippen LogP contribution in [0, 0.1) is 5.41 Å². The molecule has 8 nitrogen and oxygen atoms in total. The Morgan fingerprint density at radius 3 is 2.38 bits per heavy atom. The first-order chi connectivity index (χ1) is 7.25. The minimum Gasteiger partial charge on any atom is -0.480 e. The number of carbonyl (C=O) groups is 2. The van der Waals surface area contributed by atoms with E-state index in [0.29, 0.717) is 0 Å². The highest BCUT2D eigenvalue weighted by molar-refractivity contribution is 5.87. The fourth-order valence-corrected chi connectivity index (χ4v) is 0.908. The van der Waals surface area contributed by atoms with E-state index < -0.39 is 24.0 Å². The maximum atomic E-state index is 11.3. The molecule has 0 aliphatic carbocycles. The normalized spacial score (nSPS) is 13.7. The average Bonchev–Trinajstić information content (AvgIpc) is 2.12. The van der Waals surface area contributed by atoms with Gasteiger partial charge in [0.05, 0.1) is 12.6 Å². The molecule has 0 saturated heterocycles. The second-order valence-corrected chi connectivity index (χ2v) is 3.37. The number of likely N-dealkylation sites (N-methyl/N-ethyl adjacent to an activating group) is 1. The zero-order valence-electron chi connectivity index (χ0n) is 9.10. The molecule has 0 unspecified atom stereocenters. The maximum absolute atomic E-state index is 11.3. The van der Waals surface area contributed by atoms with Crippen molar-refractivity contribution >= 4 is 17.8 Å². The Labute approximate surface area is 92.5 Å². The standard InChI is InChI=1S/C8H16N4O4/c1-4(13)6(7(15)16)11-5(14)3-12(2)8(9)10/h4,6,13H,3H2,1-2H3,(H3,9,10)(H,11,14)(H,15,16)/t4-,6+/m1/s1. The predicted molar refractivity (Wildman–Crippen MR) is 55.8 cm³/mol. The van der Waals surface area contributed by atoms with Gasteiger partial charge in [0.1, 0.15) is 0 Å². The Kier molecular flexibility index (Phi) is 5.23. The average molecular weight is 232 g/mol. The molecule has 2 atom stereocenters. The highest BCUT2D eigenvalue weighted by Gasteiger charge is 2.25. The number of nitrogens with one attached hydrogen (secondary N) is 2. The summed E-state index contributed by atoms with van der Waals surface area (Å²) in [6.45, 7) is 1.01. The summed E-state index contributed by atoms with van der Waals surface area (Å²) in [6.07, 6.45) is -1.20. The first-order valence-electron chi connectivity index (χ1n) is 4.51. The summed E-state index contributed by atoms with van der Waals surface area (Å²) < 4.78 is 0. The Bertz CT molecular complexity index is 292. The van der Waals surface area contributed by atoms with Crippen molar-refractivity contribution in [1.29, 1.82) is 5.41 Å². The van der Waals surface area contributed by atoms with Gasteiger partial charge in [0.15, 0.2) is 12.0 Å². The third kappa shape index (κ3) is 4.60. The number of rotatable bonds is 5. The Morgan fingerprint density at radius 1 is 1.56 bits per heavy atom. The van der Waals surface area contributed by atoms with Crippen LogP contribution in [0.25, 0.3) is 0 Å². The topological polar surface area (TPSA) is 140 Å². The van der Waals surface area contributed by atoms with Gasteiger partial charge in [0.25, 0.3) is 0 Å². The monoisotopic (exact) mass is 232 g/mol. The van der Waals surface area contributed by atoms with Crippen LogP contribution in [0.15, 0.2) is 0 Å². The largest absolute Gasteiger partial charge is 0.480 e. The van der Waals surface area contributed by atoms with Crippen molar-refractivity contribution in [2.45, 2.75) is 19.1 Å². The molecule has 0 aliphatic heterocycles. The van der Waals surface area contributed by atoms with Crippen molar-refractivity contribution in [2.24, 2.45) is 5.73 Å². The summed E-state index contributed by atoms with van der Waals surface area (Å²) in [5.74, 6) is -2.26. The number of aliphatic hydroxyl groups is 1. The van der Waals surface area contributed by atoms with E-state index in [2.05, 4.69) is 5.32 Å². The predicted octanol–water partition coefficient (Wildman–Crippen LogP) is -2.24. The first kappa shape index (κ1) is 14.2. The number of nitrogens with zero attached hydrogens (tertiary/aromatic N) is 1. The molecular weight excluding hydrogens is 216 g/mol. The summed E-state index contributed by atoms with van der Waals surface area (Å²) >= 11 is 0. The number of hydrogen-bond donors (Lipinski definition) is 5. The summed E-state index contributed by atoms with van der Waals surface area (Å²) in [5, 5.41) is 26.9. The number of carboxylic acid groups (broad SMARTS) is 1. The van der Waals surface area contributed by atoms with Gasteiger partial charge < -0.3 is 26.2 Å². The van der Waals surface area contributed by atoms with Crippen LogP contribution in [0.3, 0.4) is 0 Å². The van der Waals surface area contributed by atoms with E-state index >= 15 is 0 Å². The molecule has 0 aromatic rings. The number of hydrogen-bond acceptors (Lipinski definition) is 4. The fraction of sp³-hybridized carbons (Fsp3) is 0.625. The molecular formula is C8H16N4O4. The molecule has 0 aromatic heterocycles. The fourth-order valence-electron chi connectivity index (χ4n) is 0.908. The third-order valence-electron chi connectivity index (χ3n) is 1.86. The summed E-state index contributed by atoms with van der Waals surface area (Å²) in [5.41, 5.74) is 5.10. The minimum atomic E-state index is -1.37. The van der Waals surface area contributed by atoms with E-state index in [1.54, 1.807) is 0 Å².